The van der Waals surface area contributed by atoms with Gasteiger partial charge in [-0.15, -0.1) is 0 Å². The van der Waals surface area contributed by atoms with Crippen LogP contribution in [-0.4, -0.2) is 10.9 Å². The van der Waals surface area contributed by atoms with Crippen LogP contribution >= 0.6 is 11.6 Å². The van der Waals surface area contributed by atoms with Crippen LogP contribution in [0, 0.1) is 13.8 Å². The molecule has 2 heterocycles. The second-order valence-corrected chi connectivity index (χ2v) is 8.41. The number of aromatic nitrogens is 1. The van der Waals surface area contributed by atoms with E-state index in [1.54, 1.807) is 24.3 Å². The molecule has 3 aromatic carbocycles. The fourth-order valence-corrected chi connectivity index (χ4v) is 3.79. The Balaban J connectivity index is 1.25. The Morgan fingerprint density at radius 2 is 1.70 bits per heavy atom. The number of furan rings is 1. The molecule has 0 saturated carbocycles. The van der Waals surface area contributed by atoms with Crippen LogP contribution in [0.25, 0.3) is 33.9 Å². The van der Waals surface area contributed by atoms with Gasteiger partial charge in [0, 0.05) is 22.7 Å². The van der Waals surface area contributed by atoms with Gasteiger partial charge in [-0.3, -0.25) is 4.79 Å². The second kappa shape index (κ2) is 8.60. The third kappa shape index (κ3) is 4.41. The summed E-state index contributed by atoms with van der Waals surface area (Å²) in [7, 11) is 0. The average molecular weight is 457 g/mol. The third-order valence-corrected chi connectivity index (χ3v) is 5.83. The summed E-state index contributed by atoms with van der Waals surface area (Å²) in [6.07, 6.45) is 0. The van der Waals surface area contributed by atoms with Crippen molar-refractivity contribution in [2.75, 3.05) is 0 Å². The summed E-state index contributed by atoms with van der Waals surface area (Å²) in [5.74, 6) is 1.14. The van der Waals surface area contributed by atoms with E-state index in [-0.39, 0.29) is 11.7 Å². The van der Waals surface area contributed by atoms with Crippen molar-refractivity contribution in [1.29, 1.82) is 0 Å². The van der Waals surface area contributed by atoms with E-state index in [4.69, 9.17) is 20.4 Å². The van der Waals surface area contributed by atoms with Gasteiger partial charge in [-0.05, 0) is 79.1 Å². The van der Waals surface area contributed by atoms with E-state index >= 15 is 0 Å². The smallest absolute Gasteiger partial charge is 0.287 e. The van der Waals surface area contributed by atoms with E-state index in [1.807, 2.05) is 48.5 Å². The predicted molar refractivity (Wildman–Crippen MR) is 129 cm³/mol. The van der Waals surface area contributed by atoms with Gasteiger partial charge in [0.15, 0.2) is 11.3 Å². The van der Waals surface area contributed by atoms with Crippen molar-refractivity contribution in [2.24, 2.45) is 0 Å². The molecule has 2 aromatic heterocycles. The molecule has 0 unspecified atom stereocenters. The van der Waals surface area contributed by atoms with Gasteiger partial charge in [0.1, 0.15) is 11.3 Å². The average Bonchev–Trinajstić information content (AvgIpc) is 3.46. The van der Waals surface area contributed by atoms with Crippen LogP contribution in [-0.2, 0) is 6.54 Å². The molecule has 0 aliphatic rings. The van der Waals surface area contributed by atoms with E-state index in [9.17, 15) is 4.79 Å². The molecule has 5 nitrogen and oxygen atoms in total. The Labute approximate surface area is 196 Å². The molecule has 0 aliphatic carbocycles. The highest BCUT2D eigenvalue weighted by Gasteiger charge is 2.13. The minimum absolute atomic E-state index is 0.249. The molecule has 0 saturated heterocycles. The number of benzene rings is 3. The van der Waals surface area contributed by atoms with Gasteiger partial charge in [0.2, 0.25) is 5.89 Å². The van der Waals surface area contributed by atoms with Gasteiger partial charge in [-0.2, -0.15) is 0 Å². The summed E-state index contributed by atoms with van der Waals surface area (Å²) in [4.78, 5) is 17.1. The van der Waals surface area contributed by atoms with E-state index in [0.717, 1.165) is 27.8 Å². The zero-order valence-corrected chi connectivity index (χ0v) is 18.9. The molecular weight excluding hydrogens is 436 g/mol. The number of fused-ring (bicyclic) bond motifs is 1. The lowest BCUT2D eigenvalue weighted by Crippen LogP contribution is -2.22. The summed E-state index contributed by atoms with van der Waals surface area (Å²) >= 11 is 6.03. The van der Waals surface area contributed by atoms with E-state index in [2.05, 4.69) is 24.1 Å². The van der Waals surface area contributed by atoms with Crippen molar-refractivity contribution >= 4 is 28.6 Å². The van der Waals surface area contributed by atoms with E-state index < -0.39 is 0 Å². The Hall–Kier alpha value is -3.83. The number of hydrogen-bond acceptors (Lipinski definition) is 4. The Kier molecular flexibility index (Phi) is 5.48. The standard InChI is InChI=1S/C27H21ClN2O3/c1-16-12-22-25(13-17(16)2)33-27(30-22)19-8-6-18(7-9-19)15-29-26(31)24-11-10-23(32-24)20-4-3-5-21(28)14-20/h3-14H,15H2,1-2H3,(H,29,31). The molecular formula is C27H21ClN2O3. The molecule has 5 rings (SSSR count). The molecule has 0 fully saturated rings. The lowest BCUT2D eigenvalue weighted by molar-refractivity contribution is 0.0924. The van der Waals surface area contributed by atoms with Crippen molar-refractivity contribution in [3.8, 4) is 22.8 Å². The first-order valence-electron chi connectivity index (χ1n) is 10.6. The Morgan fingerprint density at radius 1 is 0.909 bits per heavy atom. The molecule has 6 heteroatoms. The first kappa shape index (κ1) is 21.0. The maximum atomic E-state index is 12.5. The largest absolute Gasteiger partial charge is 0.451 e. The van der Waals surface area contributed by atoms with Crippen LogP contribution < -0.4 is 5.32 Å². The zero-order valence-electron chi connectivity index (χ0n) is 18.2. The van der Waals surface area contributed by atoms with Gasteiger partial charge in [-0.1, -0.05) is 35.9 Å². The van der Waals surface area contributed by atoms with Gasteiger partial charge < -0.3 is 14.2 Å². The summed E-state index contributed by atoms with van der Waals surface area (Å²) in [5, 5.41) is 3.50. The summed E-state index contributed by atoms with van der Waals surface area (Å²) in [5.41, 5.74) is 6.64. The number of halogens is 1. The van der Waals surface area contributed by atoms with Crippen molar-refractivity contribution in [3.63, 3.8) is 0 Å². The fraction of sp³-hybridized carbons (Fsp3) is 0.111. The van der Waals surface area contributed by atoms with E-state index in [0.29, 0.717) is 23.2 Å². The molecule has 33 heavy (non-hydrogen) atoms. The maximum absolute atomic E-state index is 12.5. The molecule has 0 atom stereocenters. The number of hydrogen-bond donors (Lipinski definition) is 1. The SMILES string of the molecule is Cc1cc2nc(-c3ccc(CNC(=O)c4ccc(-c5cccc(Cl)c5)o4)cc3)oc2cc1C. The number of carbonyl (C=O) groups is 1. The third-order valence-electron chi connectivity index (χ3n) is 5.60. The molecule has 0 spiro atoms. The monoisotopic (exact) mass is 456 g/mol. The number of amides is 1. The van der Waals surface area contributed by atoms with Gasteiger partial charge in [0.05, 0.1) is 0 Å². The van der Waals surface area contributed by atoms with E-state index in [1.165, 1.54) is 11.1 Å². The minimum Gasteiger partial charge on any atom is -0.451 e. The number of aryl methyl sites for hydroxylation is 2. The van der Waals surface area contributed by atoms with Gasteiger partial charge in [0.25, 0.3) is 5.91 Å². The van der Waals surface area contributed by atoms with Crippen molar-refractivity contribution in [1.82, 2.24) is 10.3 Å². The van der Waals surface area contributed by atoms with Crippen molar-refractivity contribution < 1.29 is 13.6 Å². The van der Waals surface area contributed by atoms with Gasteiger partial charge >= 0.3 is 0 Å². The molecule has 5 aromatic rings. The predicted octanol–water partition coefficient (Wildman–Crippen LogP) is 6.96. The van der Waals surface area contributed by atoms with Crippen LogP contribution in [0.15, 0.2) is 81.6 Å². The quantitative estimate of drug-likeness (QED) is 0.310. The van der Waals surface area contributed by atoms with Crippen molar-refractivity contribution in [3.05, 3.63) is 100 Å². The molecule has 1 N–H and O–H groups in total. The highest BCUT2D eigenvalue weighted by atomic mass is 35.5. The topological polar surface area (TPSA) is 68.3 Å². The van der Waals surface area contributed by atoms with Crippen LogP contribution in [0.4, 0.5) is 0 Å². The lowest BCUT2D eigenvalue weighted by Gasteiger charge is -2.04. The molecule has 0 bridgehead atoms. The molecule has 164 valence electrons. The molecule has 0 aliphatic heterocycles. The van der Waals surface area contributed by atoms with Crippen LogP contribution in [0.5, 0.6) is 0 Å². The summed E-state index contributed by atoms with van der Waals surface area (Å²) in [6.45, 7) is 4.49. The van der Waals surface area contributed by atoms with Gasteiger partial charge in [-0.25, -0.2) is 4.98 Å². The first-order chi connectivity index (χ1) is 16.0. The number of carbonyl (C=O) groups excluding carboxylic acids is 1. The Morgan fingerprint density at radius 3 is 2.48 bits per heavy atom. The number of oxazole rings is 1. The van der Waals surface area contributed by atoms with Crippen LogP contribution in [0.3, 0.4) is 0 Å². The molecule has 0 radical (unpaired) electrons. The van der Waals surface area contributed by atoms with Crippen LogP contribution in [0.1, 0.15) is 27.2 Å². The van der Waals surface area contributed by atoms with Crippen molar-refractivity contribution in [2.45, 2.75) is 20.4 Å². The number of rotatable bonds is 5. The zero-order chi connectivity index (χ0) is 22.9. The maximum Gasteiger partial charge on any atom is 0.287 e. The minimum atomic E-state index is -0.281. The normalized spacial score (nSPS) is 11.1. The highest BCUT2D eigenvalue weighted by molar-refractivity contribution is 6.30. The first-order valence-corrected chi connectivity index (χ1v) is 11.0. The Bertz CT molecular complexity index is 1430. The number of nitrogens with zero attached hydrogens (tertiary/aromatic N) is 1. The van der Waals surface area contributed by atoms with Crippen LogP contribution in [0.2, 0.25) is 5.02 Å². The second-order valence-electron chi connectivity index (χ2n) is 7.98. The lowest BCUT2D eigenvalue weighted by atomic mass is 10.1. The number of nitrogens with one attached hydrogen (secondary N) is 1. The summed E-state index contributed by atoms with van der Waals surface area (Å²) in [6, 6.07) is 22.5. The molecule has 1 amide bonds. The fourth-order valence-electron chi connectivity index (χ4n) is 3.59. The summed E-state index contributed by atoms with van der Waals surface area (Å²) < 4.78 is 11.6. The highest BCUT2D eigenvalue weighted by Crippen LogP contribution is 2.27.